The van der Waals surface area contributed by atoms with Crippen molar-refractivity contribution in [3.8, 4) is 0 Å². The van der Waals surface area contributed by atoms with Crippen LogP contribution in [0.3, 0.4) is 0 Å². The van der Waals surface area contributed by atoms with E-state index in [2.05, 4.69) is 20.1 Å². The molecule has 0 atom stereocenters. The number of anilines is 1. The average molecular weight is 267 g/mol. The van der Waals surface area contributed by atoms with Crippen LogP contribution in [0, 0.1) is 0 Å². The Morgan fingerprint density at radius 2 is 2.59 bits per heavy atom. The van der Waals surface area contributed by atoms with Gasteiger partial charge in [0.05, 0.1) is 18.2 Å². The Hall–Kier alpha value is -1.80. The molecule has 0 spiro atoms. The molecule has 17 heavy (non-hydrogen) atoms. The van der Waals surface area contributed by atoms with Gasteiger partial charge in [-0.25, -0.2) is 9.97 Å². The molecule has 0 unspecified atom stereocenters. The van der Waals surface area contributed by atoms with E-state index in [9.17, 15) is 0 Å². The molecule has 2 rings (SSSR count). The van der Waals surface area contributed by atoms with Crippen LogP contribution in [0.1, 0.15) is 11.4 Å². The monoisotopic (exact) mass is 267 g/mol. The lowest BCUT2D eigenvalue weighted by Crippen LogP contribution is -2.03. The van der Waals surface area contributed by atoms with Gasteiger partial charge in [0, 0.05) is 10.7 Å². The minimum atomic E-state index is 0.298. The summed E-state index contributed by atoms with van der Waals surface area (Å²) in [7, 11) is 0. The molecule has 0 aliphatic carbocycles. The van der Waals surface area contributed by atoms with E-state index in [-0.39, 0.29) is 0 Å². The normalized spacial score (nSPS) is 11.4. The second kappa shape index (κ2) is 5.51. The molecule has 0 aliphatic heterocycles. The van der Waals surface area contributed by atoms with E-state index in [1.165, 1.54) is 16.7 Å². The zero-order chi connectivity index (χ0) is 12.1. The van der Waals surface area contributed by atoms with Crippen molar-refractivity contribution in [3.63, 3.8) is 0 Å². The molecular formula is C9H9N5OS2. The maximum absolute atomic E-state index is 5.53. The third-order valence-electron chi connectivity index (χ3n) is 1.83. The Labute approximate surface area is 107 Å². The topological polar surface area (TPSA) is 89.2 Å². The summed E-state index contributed by atoms with van der Waals surface area (Å²) >= 11 is 6.17. The molecule has 2 heterocycles. The highest BCUT2D eigenvalue weighted by molar-refractivity contribution is 7.80. The number of hydrogen-bond donors (Lipinski definition) is 2. The van der Waals surface area contributed by atoms with E-state index in [1.54, 1.807) is 17.9 Å². The number of aromatic nitrogens is 3. The second-order valence-electron chi connectivity index (χ2n) is 3.02. The summed E-state index contributed by atoms with van der Waals surface area (Å²) in [4.78, 5) is 16.0. The summed E-state index contributed by atoms with van der Waals surface area (Å²) in [5.41, 5.74) is 7.45. The molecule has 6 nitrogen and oxygen atoms in total. The van der Waals surface area contributed by atoms with Crippen LogP contribution in [-0.4, -0.2) is 26.0 Å². The lowest BCUT2D eigenvalue weighted by atomic mass is 10.3. The highest BCUT2D eigenvalue weighted by atomic mass is 32.1. The fourth-order valence-corrected chi connectivity index (χ4v) is 1.79. The van der Waals surface area contributed by atoms with Gasteiger partial charge in [0.25, 0.3) is 0 Å². The molecule has 2 aromatic heterocycles. The quantitative estimate of drug-likeness (QED) is 0.485. The third kappa shape index (κ3) is 3.08. The molecule has 88 valence electrons. The second-order valence-corrected chi connectivity index (χ2v) is 4.14. The minimum absolute atomic E-state index is 0.298. The number of oxime groups is 1. The summed E-state index contributed by atoms with van der Waals surface area (Å²) in [6.45, 7) is 0.298. The van der Waals surface area contributed by atoms with Gasteiger partial charge in [0.15, 0.2) is 11.7 Å². The number of nitrogen functional groups attached to an aromatic ring is 1. The smallest absolute Gasteiger partial charge is 0.180 e. The molecule has 2 aromatic rings. The summed E-state index contributed by atoms with van der Waals surface area (Å²) in [5, 5.41) is 7.55. The summed E-state index contributed by atoms with van der Waals surface area (Å²) in [6.07, 6.45) is 3.23. The van der Waals surface area contributed by atoms with Gasteiger partial charge >= 0.3 is 0 Å². The number of nitrogens with two attached hydrogens (primary N) is 1. The lowest BCUT2D eigenvalue weighted by molar-refractivity contribution is 0.129. The molecule has 8 heteroatoms. The van der Waals surface area contributed by atoms with Crippen LogP contribution in [0.4, 0.5) is 5.13 Å². The molecule has 0 aliphatic rings. The average Bonchev–Trinajstić information content (AvgIpc) is 2.96. The van der Waals surface area contributed by atoms with Crippen LogP contribution in [0.15, 0.2) is 23.1 Å². The molecular weight excluding hydrogens is 258 g/mol. The van der Waals surface area contributed by atoms with Crippen LogP contribution in [0.2, 0.25) is 0 Å². The predicted molar refractivity (Wildman–Crippen MR) is 70.1 cm³/mol. The SMILES string of the molecule is Nc1nc(/C(C=S)=N\OCc2cnc[nH]2)cs1. The first-order valence-electron chi connectivity index (χ1n) is 4.63. The van der Waals surface area contributed by atoms with E-state index in [0.717, 1.165) is 5.69 Å². The van der Waals surface area contributed by atoms with Gasteiger partial charge in [-0.05, 0) is 0 Å². The van der Waals surface area contributed by atoms with Crippen LogP contribution < -0.4 is 5.73 Å². The van der Waals surface area contributed by atoms with Crippen molar-refractivity contribution < 1.29 is 4.84 Å². The molecule has 0 bridgehead atoms. The molecule has 0 amide bonds. The summed E-state index contributed by atoms with van der Waals surface area (Å²) in [5.74, 6) is 0. The van der Waals surface area contributed by atoms with Crippen molar-refractivity contribution in [1.29, 1.82) is 0 Å². The number of hydrogen-bond acceptors (Lipinski definition) is 7. The third-order valence-corrected chi connectivity index (χ3v) is 2.73. The fraction of sp³-hybridized carbons (Fsp3) is 0.111. The van der Waals surface area contributed by atoms with Crippen molar-refractivity contribution in [2.45, 2.75) is 6.61 Å². The Kier molecular flexibility index (Phi) is 3.78. The van der Waals surface area contributed by atoms with Crippen molar-refractivity contribution in [2.75, 3.05) is 5.73 Å². The Morgan fingerprint density at radius 3 is 3.18 bits per heavy atom. The number of thiocarbonyl (C=S) groups is 1. The first-order valence-corrected chi connectivity index (χ1v) is 5.98. The Balaban J connectivity index is 2.01. The number of nitrogens with zero attached hydrogens (tertiary/aromatic N) is 3. The van der Waals surface area contributed by atoms with E-state index >= 15 is 0 Å². The number of nitrogens with one attached hydrogen (secondary N) is 1. The van der Waals surface area contributed by atoms with Crippen LogP contribution in [0.5, 0.6) is 0 Å². The van der Waals surface area contributed by atoms with E-state index in [1.807, 2.05) is 0 Å². The zero-order valence-electron chi connectivity index (χ0n) is 8.66. The minimum Gasteiger partial charge on any atom is -0.389 e. The number of thiazole rings is 1. The van der Waals surface area contributed by atoms with Gasteiger partial charge in [-0.2, -0.15) is 0 Å². The Morgan fingerprint density at radius 1 is 1.71 bits per heavy atom. The predicted octanol–water partition coefficient (Wildman–Crippen LogP) is 1.37. The largest absolute Gasteiger partial charge is 0.389 e. The highest BCUT2D eigenvalue weighted by Crippen LogP contribution is 2.11. The summed E-state index contributed by atoms with van der Waals surface area (Å²) in [6, 6.07) is 0. The Bertz CT molecular complexity index is 519. The standard InChI is InChI=1S/C9H9N5OS2/c10-9-13-8(4-17-9)7(3-16)14-15-2-6-1-11-5-12-6/h1,3-5H,2H2,(H2,10,13)(H,11,12)/b14-7-. The van der Waals surface area contributed by atoms with Crippen LogP contribution in [-0.2, 0) is 11.4 Å². The van der Waals surface area contributed by atoms with Gasteiger partial charge in [-0.1, -0.05) is 17.4 Å². The fourth-order valence-electron chi connectivity index (χ4n) is 1.07. The van der Waals surface area contributed by atoms with E-state index in [0.29, 0.717) is 23.1 Å². The highest BCUT2D eigenvalue weighted by Gasteiger charge is 2.05. The molecule has 0 saturated carbocycles. The van der Waals surface area contributed by atoms with Crippen molar-refractivity contribution in [2.24, 2.45) is 5.16 Å². The van der Waals surface area contributed by atoms with E-state index < -0.39 is 0 Å². The number of rotatable bonds is 5. The number of aromatic amines is 1. The first kappa shape index (κ1) is 11.7. The van der Waals surface area contributed by atoms with Gasteiger partial charge in [0.2, 0.25) is 0 Å². The lowest BCUT2D eigenvalue weighted by Gasteiger charge is -1.98. The van der Waals surface area contributed by atoms with Crippen LogP contribution >= 0.6 is 23.6 Å². The van der Waals surface area contributed by atoms with Crippen molar-refractivity contribution >= 4 is 39.8 Å². The van der Waals surface area contributed by atoms with Gasteiger partial charge in [-0.3, -0.25) is 0 Å². The molecule has 0 radical (unpaired) electrons. The molecule has 3 N–H and O–H groups in total. The maximum Gasteiger partial charge on any atom is 0.180 e. The van der Waals surface area contributed by atoms with E-state index in [4.69, 9.17) is 22.8 Å². The molecule has 0 saturated heterocycles. The van der Waals surface area contributed by atoms with Gasteiger partial charge < -0.3 is 15.6 Å². The number of imidazole rings is 1. The maximum atomic E-state index is 5.53. The zero-order valence-corrected chi connectivity index (χ0v) is 10.3. The van der Waals surface area contributed by atoms with Gasteiger partial charge in [-0.15, -0.1) is 11.3 Å². The number of H-pyrrole nitrogens is 1. The van der Waals surface area contributed by atoms with Crippen molar-refractivity contribution in [1.82, 2.24) is 15.0 Å². The van der Waals surface area contributed by atoms with Crippen LogP contribution in [0.25, 0.3) is 0 Å². The summed E-state index contributed by atoms with van der Waals surface area (Å²) < 4.78 is 0. The van der Waals surface area contributed by atoms with Crippen molar-refractivity contribution in [3.05, 3.63) is 29.3 Å². The molecule has 0 fully saturated rings. The first-order chi connectivity index (χ1) is 8.29. The molecule has 0 aromatic carbocycles. The van der Waals surface area contributed by atoms with Gasteiger partial charge in [0.1, 0.15) is 11.4 Å².